The van der Waals surface area contributed by atoms with Crippen molar-refractivity contribution in [2.75, 3.05) is 39.9 Å². The monoisotopic (exact) mass is 249 g/mol. The third-order valence-corrected chi connectivity index (χ3v) is 3.39. The van der Waals surface area contributed by atoms with Crippen molar-refractivity contribution in [2.24, 2.45) is 0 Å². The van der Waals surface area contributed by atoms with Crippen LogP contribution in [0.15, 0.2) is 30.3 Å². The highest BCUT2D eigenvalue weighted by Gasteiger charge is 2.23. The lowest BCUT2D eigenvalue weighted by Gasteiger charge is -2.32. The van der Waals surface area contributed by atoms with Crippen LogP contribution in [-0.4, -0.2) is 50.7 Å². The van der Waals surface area contributed by atoms with Gasteiger partial charge in [0.15, 0.2) is 0 Å². The molecule has 4 heteroatoms. The smallest absolute Gasteiger partial charge is 0.248 e. The molecule has 1 aromatic rings. The molecule has 0 saturated carbocycles. The van der Waals surface area contributed by atoms with Gasteiger partial charge < -0.3 is 14.5 Å². The number of ether oxygens (including phenoxy) is 1. The quantitative estimate of drug-likeness (QED) is 0.785. The number of quaternary nitrogens is 1. The van der Waals surface area contributed by atoms with E-state index < -0.39 is 0 Å². The first kappa shape index (κ1) is 13.1. The van der Waals surface area contributed by atoms with Crippen molar-refractivity contribution >= 4 is 5.91 Å². The van der Waals surface area contributed by atoms with Crippen LogP contribution < -0.4 is 4.90 Å². The fourth-order valence-corrected chi connectivity index (χ4v) is 2.35. The average Bonchev–Trinajstić information content (AvgIpc) is 2.41. The first-order valence-electron chi connectivity index (χ1n) is 6.44. The van der Waals surface area contributed by atoms with E-state index in [4.69, 9.17) is 4.74 Å². The van der Waals surface area contributed by atoms with Gasteiger partial charge in [-0.25, -0.2) is 0 Å². The summed E-state index contributed by atoms with van der Waals surface area (Å²) in [4.78, 5) is 15.1. The van der Waals surface area contributed by atoms with E-state index in [-0.39, 0.29) is 12.5 Å². The highest BCUT2D eigenvalue weighted by atomic mass is 16.5. The Labute approximate surface area is 108 Å². The Morgan fingerprint density at radius 2 is 1.94 bits per heavy atom. The number of piperazine rings is 1. The van der Waals surface area contributed by atoms with Crippen molar-refractivity contribution in [2.45, 2.75) is 6.54 Å². The Bertz CT molecular complexity index is 373. The lowest BCUT2D eigenvalue weighted by atomic mass is 10.2. The number of methoxy groups -OCH3 is 1. The van der Waals surface area contributed by atoms with Crippen molar-refractivity contribution in [3.63, 3.8) is 0 Å². The van der Waals surface area contributed by atoms with Gasteiger partial charge in [0.25, 0.3) is 0 Å². The van der Waals surface area contributed by atoms with Crippen molar-refractivity contribution in [1.82, 2.24) is 4.90 Å². The number of hydrogen-bond donors (Lipinski definition) is 1. The molecule has 2 rings (SSSR count). The summed E-state index contributed by atoms with van der Waals surface area (Å²) in [5.74, 6) is 0.108. The maximum absolute atomic E-state index is 11.7. The van der Waals surface area contributed by atoms with E-state index in [0.717, 1.165) is 32.7 Å². The number of carbonyl (C=O) groups excluding carboxylic acids is 1. The Morgan fingerprint density at radius 3 is 2.56 bits per heavy atom. The average molecular weight is 249 g/mol. The minimum Gasteiger partial charge on any atom is -0.375 e. The molecule has 1 saturated heterocycles. The highest BCUT2D eigenvalue weighted by molar-refractivity contribution is 5.77. The number of nitrogens with one attached hydrogen (secondary N) is 1. The molecule has 1 aliphatic rings. The molecule has 1 aliphatic heterocycles. The Morgan fingerprint density at radius 1 is 1.28 bits per heavy atom. The summed E-state index contributed by atoms with van der Waals surface area (Å²) in [6.45, 7) is 4.96. The van der Waals surface area contributed by atoms with Crippen LogP contribution in [0.3, 0.4) is 0 Å². The summed E-state index contributed by atoms with van der Waals surface area (Å²) in [6.07, 6.45) is 0. The molecular weight excluding hydrogens is 228 g/mol. The molecule has 1 N–H and O–H groups in total. The van der Waals surface area contributed by atoms with Crippen LogP contribution in [0, 0.1) is 0 Å². The minimum atomic E-state index is 0.108. The Balaban J connectivity index is 1.78. The van der Waals surface area contributed by atoms with Gasteiger partial charge in [0.2, 0.25) is 5.91 Å². The topological polar surface area (TPSA) is 34.0 Å². The van der Waals surface area contributed by atoms with Crippen molar-refractivity contribution in [1.29, 1.82) is 0 Å². The molecule has 0 atom stereocenters. The number of nitrogens with zero attached hydrogens (tertiary/aromatic N) is 1. The van der Waals surface area contributed by atoms with Gasteiger partial charge in [0, 0.05) is 12.7 Å². The molecule has 1 aromatic carbocycles. The van der Waals surface area contributed by atoms with Gasteiger partial charge in [-0.2, -0.15) is 0 Å². The lowest BCUT2D eigenvalue weighted by Crippen LogP contribution is -3.13. The first-order chi connectivity index (χ1) is 8.79. The molecule has 98 valence electrons. The van der Waals surface area contributed by atoms with Gasteiger partial charge in [0.05, 0.1) is 26.2 Å². The summed E-state index contributed by atoms with van der Waals surface area (Å²) in [6, 6.07) is 10.5. The number of rotatable bonds is 4. The van der Waals surface area contributed by atoms with Crippen molar-refractivity contribution in [3.05, 3.63) is 35.9 Å². The molecule has 1 heterocycles. The maximum Gasteiger partial charge on any atom is 0.248 e. The van der Waals surface area contributed by atoms with Gasteiger partial charge in [-0.1, -0.05) is 30.3 Å². The van der Waals surface area contributed by atoms with E-state index in [9.17, 15) is 4.79 Å². The van der Waals surface area contributed by atoms with E-state index in [1.54, 1.807) is 12.0 Å². The van der Waals surface area contributed by atoms with Crippen LogP contribution in [0.1, 0.15) is 5.56 Å². The van der Waals surface area contributed by atoms with Gasteiger partial charge in [0.1, 0.15) is 13.2 Å². The minimum absolute atomic E-state index is 0.108. The van der Waals surface area contributed by atoms with Gasteiger partial charge in [-0.15, -0.1) is 0 Å². The highest BCUT2D eigenvalue weighted by Crippen LogP contribution is 1.97. The second-order valence-electron chi connectivity index (χ2n) is 4.73. The SMILES string of the molecule is COCC(=O)N1CC[NH+](Cc2ccccc2)CC1. The molecule has 0 radical (unpaired) electrons. The standard InChI is InChI=1S/C14H20N2O2/c1-18-12-14(17)16-9-7-15(8-10-16)11-13-5-3-2-4-6-13/h2-6H,7-12H2,1H3/p+1. The van der Waals surface area contributed by atoms with Gasteiger partial charge >= 0.3 is 0 Å². The first-order valence-corrected chi connectivity index (χ1v) is 6.44. The Hall–Kier alpha value is -1.39. The van der Waals surface area contributed by atoms with Crippen LogP contribution in [0.5, 0.6) is 0 Å². The summed E-state index contributed by atoms with van der Waals surface area (Å²) in [5.41, 5.74) is 1.36. The third-order valence-electron chi connectivity index (χ3n) is 3.39. The number of hydrogen-bond acceptors (Lipinski definition) is 2. The van der Waals surface area contributed by atoms with Crippen LogP contribution in [0.25, 0.3) is 0 Å². The van der Waals surface area contributed by atoms with E-state index in [0.29, 0.717) is 0 Å². The molecule has 18 heavy (non-hydrogen) atoms. The molecule has 0 spiro atoms. The summed E-state index contributed by atoms with van der Waals surface area (Å²) < 4.78 is 4.88. The molecule has 0 bridgehead atoms. The fourth-order valence-electron chi connectivity index (χ4n) is 2.35. The fraction of sp³-hybridized carbons (Fsp3) is 0.500. The number of benzene rings is 1. The van der Waals surface area contributed by atoms with Crippen LogP contribution in [-0.2, 0) is 16.1 Å². The molecule has 4 nitrogen and oxygen atoms in total. The zero-order chi connectivity index (χ0) is 12.8. The largest absolute Gasteiger partial charge is 0.375 e. The summed E-state index contributed by atoms with van der Waals surface area (Å²) >= 11 is 0. The molecule has 0 aromatic heterocycles. The predicted molar refractivity (Wildman–Crippen MR) is 69.3 cm³/mol. The second kappa shape index (κ2) is 6.52. The van der Waals surface area contributed by atoms with Crippen molar-refractivity contribution < 1.29 is 14.4 Å². The molecule has 0 aliphatic carbocycles. The van der Waals surface area contributed by atoms with Crippen LogP contribution in [0.4, 0.5) is 0 Å². The zero-order valence-electron chi connectivity index (χ0n) is 10.9. The van der Waals surface area contributed by atoms with E-state index in [1.165, 1.54) is 5.56 Å². The second-order valence-corrected chi connectivity index (χ2v) is 4.73. The van der Waals surface area contributed by atoms with E-state index in [2.05, 4.69) is 24.3 Å². The lowest BCUT2D eigenvalue weighted by molar-refractivity contribution is -0.917. The maximum atomic E-state index is 11.7. The third kappa shape index (κ3) is 3.55. The number of amides is 1. The summed E-state index contributed by atoms with van der Waals surface area (Å²) in [7, 11) is 1.56. The van der Waals surface area contributed by atoms with Crippen LogP contribution >= 0.6 is 0 Å². The predicted octanol–water partition coefficient (Wildman–Crippen LogP) is -0.440. The normalized spacial score (nSPS) is 16.8. The van der Waals surface area contributed by atoms with Crippen molar-refractivity contribution in [3.8, 4) is 0 Å². The number of carbonyl (C=O) groups is 1. The summed E-state index contributed by atoms with van der Waals surface area (Å²) in [5, 5.41) is 0. The zero-order valence-corrected chi connectivity index (χ0v) is 10.9. The Kier molecular flexibility index (Phi) is 4.73. The van der Waals surface area contributed by atoms with Gasteiger partial charge in [-0.3, -0.25) is 4.79 Å². The van der Waals surface area contributed by atoms with Crippen LogP contribution in [0.2, 0.25) is 0 Å². The van der Waals surface area contributed by atoms with E-state index >= 15 is 0 Å². The molecule has 1 amide bonds. The van der Waals surface area contributed by atoms with E-state index in [1.807, 2.05) is 11.0 Å². The molecular formula is C14H21N2O2+. The molecule has 1 fully saturated rings. The molecule has 0 unspecified atom stereocenters. The van der Waals surface area contributed by atoms with Gasteiger partial charge in [-0.05, 0) is 0 Å².